The summed E-state index contributed by atoms with van der Waals surface area (Å²) in [4.78, 5) is 21.3. The Labute approximate surface area is 70.3 Å². The average molecular weight is 169 g/mol. The Morgan fingerprint density at radius 2 is 2.33 bits per heavy atom. The fourth-order valence-electron chi connectivity index (χ4n) is 1.91. The molecular weight excluding hydrogens is 158 g/mol. The minimum Gasteiger partial charge on any atom is -0.444 e. The smallest absolute Gasteiger partial charge is 0.407 e. The molecule has 1 saturated heterocycles. The molecule has 4 heteroatoms. The molecule has 4 nitrogen and oxygen atoms in total. The maximum atomic E-state index is 10.8. The normalized spacial score (nSPS) is 39.7. The monoisotopic (exact) mass is 169 g/mol. The van der Waals surface area contributed by atoms with Gasteiger partial charge in [0.05, 0.1) is 6.04 Å². The molecule has 1 heterocycles. The first-order valence-corrected chi connectivity index (χ1v) is 4.22. The van der Waals surface area contributed by atoms with E-state index in [9.17, 15) is 9.59 Å². The molecule has 1 N–H and O–H groups in total. The van der Waals surface area contributed by atoms with Crippen LogP contribution in [0.2, 0.25) is 0 Å². The summed E-state index contributed by atoms with van der Waals surface area (Å²) in [7, 11) is 0. The number of alkyl carbamates (subject to hydrolysis) is 1. The van der Waals surface area contributed by atoms with Crippen molar-refractivity contribution in [3.05, 3.63) is 0 Å². The van der Waals surface area contributed by atoms with Gasteiger partial charge in [-0.25, -0.2) is 4.79 Å². The topological polar surface area (TPSA) is 55.4 Å². The van der Waals surface area contributed by atoms with Crippen molar-refractivity contribution in [3.63, 3.8) is 0 Å². The Hall–Kier alpha value is -1.06. The molecule has 0 radical (unpaired) electrons. The lowest BCUT2D eigenvalue weighted by atomic mass is 9.85. The van der Waals surface area contributed by atoms with Crippen LogP contribution in [0.1, 0.15) is 19.3 Å². The fraction of sp³-hybridized carbons (Fsp3) is 0.750. The highest BCUT2D eigenvalue weighted by Crippen LogP contribution is 2.28. The number of fused-ring (bicyclic) bond motifs is 1. The molecule has 0 aromatic heterocycles. The third-order valence-electron chi connectivity index (χ3n) is 2.58. The zero-order valence-electron chi connectivity index (χ0n) is 6.66. The van der Waals surface area contributed by atoms with E-state index in [4.69, 9.17) is 4.74 Å². The molecule has 2 aliphatic rings. The zero-order valence-corrected chi connectivity index (χ0v) is 6.66. The highest BCUT2D eigenvalue weighted by molar-refractivity contribution is 5.70. The minimum atomic E-state index is -0.337. The minimum absolute atomic E-state index is 0.00806. The van der Waals surface area contributed by atoms with Crippen LogP contribution in [0.4, 0.5) is 4.79 Å². The summed E-state index contributed by atoms with van der Waals surface area (Å²) in [6.07, 6.45) is 3.04. The lowest BCUT2D eigenvalue weighted by molar-refractivity contribution is -0.112. The van der Waals surface area contributed by atoms with Gasteiger partial charge in [-0.15, -0.1) is 0 Å². The van der Waals surface area contributed by atoms with Crippen molar-refractivity contribution in [2.24, 2.45) is 5.92 Å². The van der Waals surface area contributed by atoms with Crippen LogP contribution in [0, 0.1) is 5.92 Å². The van der Waals surface area contributed by atoms with E-state index >= 15 is 0 Å². The summed E-state index contributed by atoms with van der Waals surface area (Å²) >= 11 is 0. The van der Waals surface area contributed by atoms with Crippen molar-refractivity contribution < 1.29 is 14.3 Å². The highest BCUT2D eigenvalue weighted by atomic mass is 16.6. The molecule has 66 valence electrons. The van der Waals surface area contributed by atoms with Gasteiger partial charge in [-0.05, 0) is 19.3 Å². The number of hydrogen-bond donors (Lipinski definition) is 1. The first-order valence-electron chi connectivity index (χ1n) is 4.22. The lowest BCUT2D eigenvalue weighted by Gasteiger charge is -2.25. The summed E-state index contributed by atoms with van der Waals surface area (Å²) in [6, 6.07) is 0.0708. The van der Waals surface area contributed by atoms with E-state index in [0.29, 0.717) is 0 Å². The summed E-state index contributed by atoms with van der Waals surface area (Å²) in [6.45, 7) is 0. The Kier molecular flexibility index (Phi) is 1.75. The molecule has 0 spiro atoms. The Balaban J connectivity index is 2.01. The van der Waals surface area contributed by atoms with E-state index in [-0.39, 0.29) is 24.2 Å². The predicted molar refractivity (Wildman–Crippen MR) is 40.6 cm³/mol. The number of hydrogen-bond acceptors (Lipinski definition) is 3. The van der Waals surface area contributed by atoms with Gasteiger partial charge in [-0.3, -0.25) is 0 Å². The maximum Gasteiger partial charge on any atom is 0.407 e. The number of carbonyl (C=O) groups is 2. The molecule has 1 aliphatic heterocycles. The molecule has 3 atom stereocenters. The van der Waals surface area contributed by atoms with Crippen LogP contribution in [-0.4, -0.2) is 24.5 Å². The summed E-state index contributed by atoms with van der Waals surface area (Å²) in [5, 5.41) is 2.70. The number of rotatable bonds is 1. The molecule has 0 aromatic carbocycles. The second-order valence-corrected chi connectivity index (χ2v) is 3.40. The number of carbonyl (C=O) groups excluding carboxylic acids is 2. The average Bonchev–Trinajstić information content (AvgIpc) is 2.43. The first-order chi connectivity index (χ1) is 5.79. The van der Waals surface area contributed by atoms with Gasteiger partial charge in [-0.1, -0.05) is 0 Å². The third-order valence-corrected chi connectivity index (χ3v) is 2.58. The van der Waals surface area contributed by atoms with Gasteiger partial charge in [0.15, 0.2) is 0 Å². The number of aldehydes is 1. The van der Waals surface area contributed by atoms with E-state index in [1.807, 2.05) is 0 Å². The zero-order chi connectivity index (χ0) is 8.55. The molecule has 0 bridgehead atoms. The fourth-order valence-corrected chi connectivity index (χ4v) is 1.91. The molecule has 2 fully saturated rings. The summed E-state index contributed by atoms with van der Waals surface area (Å²) < 4.78 is 4.99. The van der Waals surface area contributed by atoms with Crippen LogP contribution in [0.25, 0.3) is 0 Å². The van der Waals surface area contributed by atoms with Crippen LogP contribution < -0.4 is 5.32 Å². The molecule has 0 aromatic rings. The Bertz CT molecular complexity index is 216. The van der Waals surface area contributed by atoms with Gasteiger partial charge < -0.3 is 14.8 Å². The molecular formula is C8H11NO3. The van der Waals surface area contributed by atoms with E-state index in [0.717, 1.165) is 25.5 Å². The Morgan fingerprint density at radius 1 is 1.50 bits per heavy atom. The Morgan fingerprint density at radius 3 is 3.08 bits per heavy atom. The second kappa shape index (κ2) is 2.77. The van der Waals surface area contributed by atoms with Crippen molar-refractivity contribution in [2.45, 2.75) is 31.4 Å². The molecule has 2 rings (SSSR count). The van der Waals surface area contributed by atoms with E-state index in [1.54, 1.807) is 0 Å². The number of ether oxygens (including phenoxy) is 1. The van der Waals surface area contributed by atoms with E-state index < -0.39 is 0 Å². The van der Waals surface area contributed by atoms with Crippen molar-refractivity contribution in [2.75, 3.05) is 0 Å². The van der Waals surface area contributed by atoms with Gasteiger partial charge in [0.2, 0.25) is 0 Å². The van der Waals surface area contributed by atoms with Crippen LogP contribution in [0.3, 0.4) is 0 Å². The molecule has 1 aliphatic carbocycles. The van der Waals surface area contributed by atoms with Gasteiger partial charge >= 0.3 is 6.09 Å². The molecule has 12 heavy (non-hydrogen) atoms. The van der Waals surface area contributed by atoms with Crippen molar-refractivity contribution in [1.29, 1.82) is 0 Å². The first kappa shape index (κ1) is 7.58. The van der Waals surface area contributed by atoms with E-state index in [2.05, 4.69) is 5.32 Å². The van der Waals surface area contributed by atoms with Crippen LogP contribution in [0.15, 0.2) is 0 Å². The van der Waals surface area contributed by atoms with Gasteiger partial charge in [0.25, 0.3) is 0 Å². The highest BCUT2D eigenvalue weighted by Gasteiger charge is 2.38. The second-order valence-electron chi connectivity index (χ2n) is 3.40. The summed E-state index contributed by atoms with van der Waals surface area (Å²) in [5.41, 5.74) is 0. The SMILES string of the molecule is O=CC1CCC2OC(=O)NC2C1. The quantitative estimate of drug-likeness (QED) is 0.580. The van der Waals surface area contributed by atoms with Gasteiger partial charge in [0.1, 0.15) is 12.4 Å². The predicted octanol–water partition coefficient (Wildman–Crippen LogP) is 0.462. The lowest BCUT2D eigenvalue weighted by Crippen LogP contribution is -2.37. The van der Waals surface area contributed by atoms with E-state index in [1.165, 1.54) is 0 Å². The van der Waals surface area contributed by atoms with Crippen LogP contribution >= 0.6 is 0 Å². The third kappa shape index (κ3) is 1.17. The summed E-state index contributed by atoms with van der Waals surface area (Å²) in [5.74, 6) is 0.105. The largest absolute Gasteiger partial charge is 0.444 e. The molecule has 1 amide bonds. The van der Waals surface area contributed by atoms with Crippen molar-refractivity contribution in [3.8, 4) is 0 Å². The number of amides is 1. The van der Waals surface area contributed by atoms with Crippen molar-refractivity contribution in [1.82, 2.24) is 5.32 Å². The van der Waals surface area contributed by atoms with Crippen LogP contribution in [0.5, 0.6) is 0 Å². The van der Waals surface area contributed by atoms with Gasteiger partial charge in [0, 0.05) is 5.92 Å². The number of nitrogens with one attached hydrogen (secondary N) is 1. The maximum absolute atomic E-state index is 10.8. The van der Waals surface area contributed by atoms with Crippen LogP contribution in [-0.2, 0) is 9.53 Å². The molecule has 3 unspecified atom stereocenters. The van der Waals surface area contributed by atoms with Gasteiger partial charge in [-0.2, -0.15) is 0 Å². The molecule has 1 saturated carbocycles. The standard InChI is InChI=1S/C8H11NO3/c10-4-5-1-2-7-6(3-5)9-8(11)12-7/h4-7H,1-3H2,(H,9,11). The van der Waals surface area contributed by atoms with Crippen molar-refractivity contribution >= 4 is 12.4 Å².